The average molecular weight is 340 g/mol. The summed E-state index contributed by atoms with van der Waals surface area (Å²) in [6, 6.07) is 7.85. The highest BCUT2D eigenvalue weighted by molar-refractivity contribution is 5.92. The first kappa shape index (κ1) is 16.3. The third-order valence-electron chi connectivity index (χ3n) is 5.51. The van der Waals surface area contributed by atoms with Crippen molar-refractivity contribution >= 4 is 5.91 Å². The van der Waals surface area contributed by atoms with Crippen molar-refractivity contribution in [3.05, 3.63) is 48.0 Å². The van der Waals surface area contributed by atoms with E-state index in [0.29, 0.717) is 11.6 Å². The fourth-order valence-corrected chi connectivity index (χ4v) is 4.10. The van der Waals surface area contributed by atoms with Crippen molar-refractivity contribution in [2.75, 3.05) is 19.7 Å². The van der Waals surface area contributed by atoms with Gasteiger partial charge in [-0.1, -0.05) is 6.07 Å². The number of carbonyl (C=O) groups excluding carboxylic acids is 1. The predicted octanol–water partition coefficient (Wildman–Crippen LogP) is 2.07. The van der Waals surface area contributed by atoms with Crippen LogP contribution in [0.5, 0.6) is 0 Å². The van der Waals surface area contributed by atoms with Crippen LogP contribution in [0, 0.1) is 5.92 Å². The lowest BCUT2D eigenvalue weighted by Crippen LogP contribution is -2.46. The molecule has 0 aliphatic carbocycles. The monoisotopic (exact) mass is 340 g/mol. The number of nitrogens with zero attached hydrogens (tertiary/aromatic N) is 4. The summed E-state index contributed by atoms with van der Waals surface area (Å²) in [5, 5.41) is 4.09. The Hall–Kier alpha value is -2.21. The van der Waals surface area contributed by atoms with Crippen LogP contribution < -0.4 is 0 Å². The maximum atomic E-state index is 12.6. The SMILES string of the molecule is Cn1nccc1C(=O)N1CCC2(CC1)CC(Cc1ccccn1)CO2. The van der Waals surface area contributed by atoms with Gasteiger partial charge in [0.2, 0.25) is 0 Å². The van der Waals surface area contributed by atoms with Gasteiger partial charge in [0, 0.05) is 38.2 Å². The Balaban J connectivity index is 1.34. The molecule has 0 bridgehead atoms. The molecular weight excluding hydrogens is 316 g/mol. The molecule has 0 aromatic carbocycles. The normalized spacial score (nSPS) is 22.4. The number of aryl methyl sites for hydroxylation is 1. The van der Waals surface area contributed by atoms with Gasteiger partial charge >= 0.3 is 0 Å². The van der Waals surface area contributed by atoms with E-state index in [4.69, 9.17) is 4.74 Å². The topological polar surface area (TPSA) is 60.2 Å². The molecule has 0 N–H and O–H groups in total. The molecule has 2 saturated heterocycles. The van der Waals surface area contributed by atoms with Crippen LogP contribution in [0.1, 0.15) is 35.4 Å². The second-order valence-corrected chi connectivity index (χ2v) is 7.22. The quantitative estimate of drug-likeness (QED) is 0.858. The van der Waals surface area contributed by atoms with E-state index in [2.05, 4.69) is 16.1 Å². The van der Waals surface area contributed by atoms with Crippen molar-refractivity contribution in [3.63, 3.8) is 0 Å². The van der Waals surface area contributed by atoms with Crippen molar-refractivity contribution in [2.45, 2.75) is 31.3 Å². The molecule has 1 atom stereocenters. The fourth-order valence-electron chi connectivity index (χ4n) is 4.10. The Kier molecular flexibility index (Phi) is 4.29. The van der Waals surface area contributed by atoms with Crippen LogP contribution in [0.25, 0.3) is 0 Å². The summed E-state index contributed by atoms with van der Waals surface area (Å²) in [6.45, 7) is 2.30. The summed E-state index contributed by atoms with van der Waals surface area (Å²) in [4.78, 5) is 19.0. The molecule has 2 fully saturated rings. The van der Waals surface area contributed by atoms with Crippen LogP contribution in [-0.4, -0.2) is 50.9 Å². The molecule has 2 aromatic heterocycles. The van der Waals surface area contributed by atoms with E-state index in [1.54, 1.807) is 24.0 Å². The minimum absolute atomic E-state index is 0.0529. The van der Waals surface area contributed by atoms with Crippen LogP contribution in [0.3, 0.4) is 0 Å². The van der Waals surface area contributed by atoms with Gasteiger partial charge in [-0.05, 0) is 49.8 Å². The fraction of sp³-hybridized carbons (Fsp3) is 0.526. The number of pyridine rings is 1. The van der Waals surface area contributed by atoms with Crippen LogP contribution in [0.4, 0.5) is 0 Å². The number of ether oxygens (including phenoxy) is 1. The molecule has 25 heavy (non-hydrogen) atoms. The van der Waals surface area contributed by atoms with Gasteiger partial charge in [-0.15, -0.1) is 0 Å². The Labute approximate surface area is 147 Å². The summed E-state index contributed by atoms with van der Waals surface area (Å²) in [5.74, 6) is 0.590. The molecule has 2 aromatic rings. The average Bonchev–Trinajstić information content (AvgIpc) is 3.23. The maximum absolute atomic E-state index is 12.6. The molecule has 1 spiro atoms. The predicted molar refractivity (Wildman–Crippen MR) is 93.1 cm³/mol. The molecule has 6 nitrogen and oxygen atoms in total. The minimum Gasteiger partial charge on any atom is -0.375 e. The van der Waals surface area contributed by atoms with Crippen molar-refractivity contribution in [1.29, 1.82) is 0 Å². The lowest BCUT2D eigenvalue weighted by atomic mass is 9.84. The van der Waals surface area contributed by atoms with Gasteiger partial charge in [-0.3, -0.25) is 14.5 Å². The van der Waals surface area contributed by atoms with E-state index < -0.39 is 0 Å². The zero-order valence-corrected chi connectivity index (χ0v) is 14.6. The summed E-state index contributed by atoms with van der Waals surface area (Å²) in [7, 11) is 1.81. The third-order valence-corrected chi connectivity index (χ3v) is 5.51. The number of rotatable bonds is 3. The first-order valence-corrected chi connectivity index (χ1v) is 8.96. The highest BCUT2D eigenvalue weighted by Gasteiger charge is 2.43. The zero-order chi connectivity index (χ0) is 17.3. The largest absolute Gasteiger partial charge is 0.375 e. The molecule has 2 aliphatic heterocycles. The standard InChI is InChI=1S/C19H24N4O2/c1-22-17(5-9-21-22)18(24)23-10-6-19(7-11-23)13-15(14-25-19)12-16-4-2-3-8-20-16/h2-5,8-9,15H,6-7,10-14H2,1H3. The summed E-state index contributed by atoms with van der Waals surface area (Å²) >= 11 is 0. The highest BCUT2D eigenvalue weighted by atomic mass is 16.5. The van der Waals surface area contributed by atoms with E-state index in [-0.39, 0.29) is 11.5 Å². The molecule has 2 aliphatic rings. The van der Waals surface area contributed by atoms with E-state index in [0.717, 1.165) is 51.1 Å². The first-order chi connectivity index (χ1) is 12.2. The van der Waals surface area contributed by atoms with Gasteiger partial charge in [0.05, 0.1) is 12.2 Å². The number of carbonyl (C=O) groups is 1. The van der Waals surface area contributed by atoms with E-state index in [1.807, 2.05) is 23.2 Å². The second-order valence-electron chi connectivity index (χ2n) is 7.22. The second kappa shape index (κ2) is 6.59. The number of amides is 1. The smallest absolute Gasteiger partial charge is 0.272 e. The van der Waals surface area contributed by atoms with Gasteiger partial charge < -0.3 is 9.64 Å². The number of likely N-dealkylation sites (tertiary alicyclic amines) is 1. The molecule has 0 saturated carbocycles. The van der Waals surface area contributed by atoms with Gasteiger partial charge in [-0.25, -0.2) is 0 Å². The van der Waals surface area contributed by atoms with Crippen LogP contribution in [-0.2, 0) is 18.2 Å². The Morgan fingerprint density at radius 3 is 2.80 bits per heavy atom. The lowest BCUT2D eigenvalue weighted by molar-refractivity contribution is -0.0392. The van der Waals surface area contributed by atoms with Crippen molar-refractivity contribution in [1.82, 2.24) is 19.7 Å². The maximum Gasteiger partial charge on any atom is 0.272 e. The molecule has 1 unspecified atom stereocenters. The van der Waals surface area contributed by atoms with Crippen molar-refractivity contribution in [3.8, 4) is 0 Å². The van der Waals surface area contributed by atoms with Crippen LogP contribution >= 0.6 is 0 Å². The zero-order valence-electron chi connectivity index (χ0n) is 14.6. The molecule has 4 rings (SSSR count). The van der Waals surface area contributed by atoms with Crippen molar-refractivity contribution < 1.29 is 9.53 Å². The van der Waals surface area contributed by atoms with E-state index in [9.17, 15) is 4.79 Å². The number of hydrogen-bond acceptors (Lipinski definition) is 4. The lowest BCUT2D eigenvalue weighted by Gasteiger charge is -2.38. The van der Waals surface area contributed by atoms with Crippen molar-refractivity contribution in [2.24, 2.45) is 13.0 Å². The van der Waals surface area contributed by atoms with Gasteiger partial charge in [0.15, 0.2) is 0 Å². The summed E-state index contributed by atoms with van der Waals surface area (Å²) in [6.07, 6.45) is 7.38. The number of hydrogen-bond donors (Lipinski definition) is 0. The van der Waals surface area contributed by atoms with Crippen LogP contribution in [0.2, 0.25) is 0 Å². The highest BCUT2D eigenvalue weighted by Crippen LogP contribution is 2.39. The van der Waals surface area contributed by atoms with Gasteiger partial charge in [0.1, 0.15) is 5.69 Å². The molecule has 6 heteroatoms. The first-order valence-electron chi connectivity index (χ1n) is 8.96. The molecule has 4 heterocycles. The minimum atomic E-state index is -0.0529. The Bertz CT molecular complexity index is 735. The van der Waals surface area contributed by atoms with Crippen LogP contribution in [0.15, 0.2) is 36.7 Å². The Morgan fingerprint density at radius 1 is 1.28 bits per heavy atom. The third kappa shape index (κ3) is 3.31. The molecule has 0 radical (unpaired) electrons. The summed E-state index contributed by atoms with van der Waals surface area (Å²) in [5.41, 5.74) is 1.73. The molecule has 1 amide bonds. The summed E-state index contributed by atoms with van der Waals surface area (Å²) < 4.78 is 7.87. The van der Waals surface area contributed by atoms with E-state index >= 15 is 0 Å². The van der Waals surface area contributed by atoms with Gasteiger partial charge in [-0.2, -0.15) is 5.10 Å². The molecule has 132 valence electrons. The number of aromatic nitrogens is 3. The Morgan fingerprint density at radius 2 is 2.12 bits per heavy atom. The number of piperidine rings is 1. The van der Waals surface area contributed by atoms with Gasteiger partial charge in [0.25, 0.3) is 5.91 Å². The molecular formula is C19H24N4O2. The van der Waals surface area contributed by atoms with E-state index in [1.165, 1.54) is 0 Å².